The Morgan fingerprint density at radius 2 is 2.25 bits per heavy atom. The summed E-state index contributed by atoms with van der Waals surface area (Å²) in [5.41, 5.74) is -0.161. The molecule has 1 amide bonds. The number of rotatable bonds is 6. The lowest BCUT2D eigenvalue weighted by Gasteiger charge is -2.18. The van der Waals surface area contributed by atoms with Crippen LogP contribution in [0.5, 0.6) is 0 Å². The van der Waals surface area contributed by atoms with Crippen LogP contribution in [0.3, 0.4) is 0 Å². The zero-order valence-electron chi connectivity index (χ0n) is 12.3. The second-order valence-electron chi connectivity index (χ2n) is 5.82. The Hall–Kier alpha value is -1.85. The summed E-state index contributed by atoms with van der Waals surface area (Å²) in [4.78, 5) is 32.3. The molecule has 0 aromatic carbocycles. The van der Waals surface area contributed by atoms with Gasteiger partial charge in [0, 0.05) is 25.6 Å². The maximum absolute atomic E-state index is 11.8. The number of amides is 1. The fourth-order valence-electron chi connectivity index (χ4n) is 1.88. The van der Waals surface area contributed by atoms with E-state index in [1.165, 1.54) is 6.07 Å². The fourth-order valence-corrected chi connectivity index (χ4v) is 1.88. The number of H-pyrrole nitrogens is 1. The van der Waals surface area contributed by atoms with Gasteiger partial charge < -0.3 is 15.2 Å². The average Bonchev–Trinajstić information content (AvgIpc) is 3.19. The largest absolute Gasteiger partial charge is 0.354 e. The van der Waals surface area contributed by atoms with Crippen molar-refractivity contribution in [1.82, 2.24) is 15.3 Å². The lowest BCUT2D eigenvalue weighted by molar-refractivity contribution is -0.119. The lowest BCUT2D eigenvalue weighted by Crippen LogP contribution is -2.37. The van der Waals surface area contributed by atoms with Crippen molar-refractivity contribution >= 4 is 11.7 Å². The molecule has 0 unspecified atom stereocenters. The monoisotopic (exact) mass is 278 g/mol. The number of likely N-dealkylation sites (N-methyl/N-ethyl adjacent to an activating group) is 1. The van der Waals surface area contributed by atoms with Crippen molar-refractivity contribution < 1.29 is 4.79 Å². The van der Waals surface area contributed by atoms with Gasteiger partial charge in [-0.1, -0.05) is 13.8 Å². The Morgan fingerprint density at radius 1 is 1.55 bits per heavy atom. The molecule has 1 aromatic heterocycles. The third kappa shape index (κ3) is 4.08. The number of nitrogens with zero attached hydrogens (tertiary/aromatic N) is 2. The molecule has 1 saturated carbocycles. The summed E-state index contributed by atoms with van der Waals surface area (Å²) in [5, 5.41) is 2.85. The van der Waals surface area contributed by atoms with Gasteiger partial charge in [-0.05, 0) is 18.8 Å². The summed E-state index contributed by atoms with van der Waals surface area (Å²) >= 11 is 0. The summed E-state index contributed by atoms with van der Waals surface area (Å²) in [6.45, 7) is 4.95. The first-order chi connectivity index (χ1) is 9.45. The minimum atomic E-state index is -0.161. The van der Waals surface area contributed by atoms with Gasteiger partial charge in [0.2, 0.25) is 5.91 Å². The van der Waals surface area contributed by atoms with Gasteiger partial charge in [0.15, 0.2) is 0 Å². The van der Waals surface area contributed by atoms with Gasteiger partial charge in [-0.25, -0.2) is 4.98 Å². The van der Waals surface area contributed by atoms with E-state index in [0.29, 0.717) is 24.2 Å². The number of nitrogens with one attached hydrogen (secondary N) is 2. The first kappa shape index (κ1) is 14.6. The molecule has 0 radical (unpaired) electrons. The number of anilines is 1. The molecular weight excluding hydrogens is 256 g/mol. The first-order valence-electron chi connectivity index (χ1n) is 7.05. The van der Waals surface area contributed by atoms with Gasteiger partial charge in [0.1, 0.15) is 11.6 Å². The zero-order valence-corrected chi connectivity index (χ0v) is 12.3. The zero-order chi connectivity index (χ0) is 14.7. The van der Waals surface area contributed by atoms with Crippen LogP contribution >= 0.6 is 0 Å². The molecule has 0 aliphatic heterocycles. The van der Waals surface area contributed by atoms with Gasteiger partial charge in [-0.2, -0.15) is 0 Å². The number of hydrogen-bond acceptors (Lipinski definition) is 4. The number of carbonyl (C=O) groups is 1. The standard InChI is InChI=1S/C14H22N4O2/c1-9(2)7-15-13(20)8-18(3)11-6-12(19)17-14(16-11)10-4-5-10/h6,9-10H,4-5,7-8H2,1-3H3,(H,15,20)(H,16,17,19). The van der Waals surface area contributed by atoms with Crippen LogP contribution in [0.25, 0.3) is 0 Å². The third-order valence-electron chi connectivity index (χ3n) is 3.19. The van der Waals surface area contributed by atoms with E-state index in [1.807, 2.05) is 13.8 Å². The summed E-state index contributed by atoms with van der Waals surface area (Å²) in [5.74, 6) is 2.03. The second-order valence-corrected chi connectivity index (χ2v) is 5.82. The van der Waals surface area contributed by atoms with E-state index in [1.54, 1.807) is 11.9 Å². The number of hydrogen-bond donors (Lipinski definition) is 2. The predicted molar refractivity (Wildman–Crippen MR) is 78.0 cm³/mol. The van der Waals surface area contributed by atoms with Gasteiger partial charge in [-0.3, -0.25) is 9.59 Å². The van der Waals surface area contributed by atoms with Gasteiger partial charge in [0.05, 0.1) is 6.54 Å². The molecule has 1 aliphatic carbocycles. The van der Waals surface area contributed by atoms with Gasteiger partial charge in [-0.15, -0.1) is 0 Å². The maximum Gasteiger partial charge on any atom is 0.252 e. The second kappa shape index (κ2) is 6.07. The molecule has 20 heavy (non-hydrogen) atoms. The van der Waals surface area contributed by atoms with E-state index in [2.05, 4.69) is 15.3 Å². The van der Waals surface area contributed by atoms with Crippen LogP contribution in [0.4, 0.5) is 5.82 Å². The van der Waals surface area contributed by atoms with Crippen molar-refractivity contribution in [3.8, 4) is 0 Å². The van der Waals surface area contributed by atoms with Crippen LogP contribution in [-0.4, -0.2) is 36.0 Å². The number of aromatic nitrogens is 2. The third-order valence-corrected chi connectivity index (χ3v) is 3.19. The number of carbonyl (C=O) groups excluding carboxylic acids is 1. The molecule has 1 aromatic rings. The minimum Gasteiger partial charge on any atom is -0.354 e. The molecule has 0 saturated heterocycles. The Balaban J connectivity index is 1.99. The lowest BCUT2D eigenvalue weighted by atomic mass is 10.2. The molecule has 6 nitrogen and oxygen atoms in total. The maximum atomic E-state index is 11.8. The van der Waals surface area contributed by atoms with E-state index in [0.717, 1.165) is 18.7 Å². The average molecular weight is 278 g/mol. The van der Waals surface area contributed by atoms with Crippen molar-refractivity contribution in [2.24, 2.45) is 5.92 Å². The molecule has 2 rings (SSSR count). The first-order valence-corrected chi connectivity index (χ1v) is 7.05. The summed E-state index contributed by atoms with van der Waals surface area (Å²) < 4.78 is 0. The summed E-state index contributed by atoms with van der Waals surface area (Å²) in [7, 11) is 1.77. The van der Waals surface area contributed by atoms with Crippen LogP contribution in [0, 0.1) is 5.92 Å². The Kier molecular flexibility index (Phi) is 4.42. The van der Waals surface area contributed by atoms with Crippen molar-refractivity contribution in [3.05, 3.63) is 22.2 Å². The van der Waals surface area contributed by atoms with E-state index < -0.39 is 0 Å². The van der Waals surface area contributed by atoms with Crippen molar-refractivity contribution in [2.45, 2.75) is 32.6 Å². The van der Waals surface area contributed by atoms with Crippen LogP contribution in [0.1, 0.15) is 38.4 Å². The topological polar surface area (TPSA) is 78.1 Å². The van der Waals surface area contributed by atoms with Crippen molar-refractivity contribution in [3.63, 3.8) is 0 Å². The SMILES string of the molecule is CC(C)CNC(=O)CN(C)c1cc(=O)[nH]c(C2CC2)n1. The normalized spacial score (nSPS) is 14.4. The highest BCUT2D eigenvalue weighted by Gasteiger charge is 2.26. The Labute approximate surface area is 118 Å². The van der Waals surface area contributed by atoms with E-state index >= 15 is 0 Å². The molecule has 0 spiro atoms. The molecule has 1 aliphatic rings. The van der Waals surface area contributed by atoms with Crippen molar-refractivity contribution in [1.29, 1.82) is 0 Å². The molecule has 1 fully saturated rings. The molecule has 1 heterocycles. The molecule has 0 atom stereocenters. The highest BCUT2D eigenvalue weighted by Crippen LogP contribution is 2.37. The van der Waals surface area contributed by atoms with Crippen molar-refractivity contribution in [2.75, 3.05) is 25.0 Å². The van der Waals surface area contributed by atoms with Crippen LogP contribution in [0.2, 0.25) is 0 Å². The van der Waals surface area contributed by atoms with E-state index in [4.69, 9.17) is 0 Å². The quantitative estimate of drug-likeness (QED) is 0.809. The highest BCUT2D eigenvalue weighted by molar-refractivity contribution is 5.80. The molecule has 2 N–H and O–H groups in total. The van der Waals surface area contributed by atoms with E-state index in [9.17, 15) is 9.59 Å². The minimum absolute atomic E-state index is 0.0590. The molecule has 6 heteroatoms. The smallest absolute Gasteiger partial charge is 0.252 e. The van der Waals surface area contributed by atoms with Crippen LogP contribution in [-0.2, 0) is 4.79 Å². The summed E-state index contributed by atoms with van der Waals surface area (Å²) in [6.07, 6.45) is 2.15. The van der Waals surface area contributed by atoms with Gasteiger partial charge >= 0.3 is 0 Å². The molecule has 0 bridgehead atoms. The van der Waals surface area contributed by atoms with Crippen LogP contribution in [0.15, 0.2) is 10.9 Å². The van der Waals surface area contributed by atoms with E-state index in [-0.39, 0.29) is 18.0 Å². The Morgan fingerprint density at radius 3 is 2.85 bits per heavy atom. The Bertz CT molecular complexity index is 534. The highest BCUT2D eigenvalue weighted by atomic mass is 16.2. The molecular formula is C14H22N4O2. The number of aromatic amines is 1. The van der Waals surface area contributed by atoms with Crippen LogP contribution < -0.4 is 15.8 Å². The summed E-state index contributed by atoms with van der Waals surface area (Å²) in [6, 6.07) is 1.43. The fraction of sp³-hybridized carbons (Fsp3) is 0.643. The predicted octanol–water partition coefficient (Wildman–Crippen LogP) is 0.856. The van der Waals surface area contributed by atoms with Gasteiger partial charge in [0.25, 0.3) is 5.56 Å². The molecule has 110 valence electrons.